The van der Waals surface area contributed by atoms with Gasteiger partial charge in [-0.15, -0.1) is 4.91 Å². The maximum atomic E-state index is 13.6. The van der Waals surface area contributed by atoms with Crippen molar-refractivity contribution in [3.05, 3.63) is 41.3 Å². The van der Waals surface area contributed by atoms with Crippen LogP contribution in [-0.4, -0.2) is 52.6 Å². The number of alkyl halides is 2. The van der Waals surface area contributed by atoms with Crippen LogP contribution < -0.4 is 9.64 Å². The molecule has 0 N–H and O–H groups in total. The van der Waals surface area contributed by atoms with Gasteiger partial charge in [0.05, 0.1) is 10.3 Å². The van der Waals surface area contributed by atoms with Crippen LogP contribution in [0.2, 0.25) is 0 Å². The summed E-state index contributed by atoms with van der Waals surface area (Å²) in [5.41, 5.74) is 0.124. The van der Waals surface area contributed by atoms with Gasteiger partial charge < -0.3 is 9.64 Å². The van der Waals surface area contributed by atoms with Crippen molar-refractivity contribution in [3.8, 4) is 5.75 Å². The Kier molecular flexibility index (Phi) is 7.48. The van der Waals surface area contributed by atoms with Crippen LogP contribution in [0, 0.1) is 10.3 Å². The number of rotatable bonds is 9. The van der Waals surface area contributed by atoms with Gasteiger partial charge in [0.2, 0.25) is 5.92 Å². The van der Waals surface area contributed by atoms with Crippen molar-refractivity contribution in [1.29, 1.82) is 0 Å². The highest BCUT2D eigenvalue weighted by molar-refractivity contribution is 8.00. The van der Waals surface area contributed by atoms with Crippen LogP contribution in [0.25, 0.3) is 0 Å². The molecule has 2 aromatic rings. The van der Waals surface area contributed by atoms with Crippen molar-refractivity contribution in [2.45, 2.75) is 72.6 Å². The molecule has 2 saturated carbocycles. The molecule has 2 fully saturated rings. The van der Waals surface area contributed by atoms with E-state index in [1.165, 1.54) is 11.8 Å². The number of thioether (sulfide) groups is 1. The van der Waals surface area contributed by atoms with E-state index < -0.39 is 17.2 Å². The SMILES string of the molecule is CCCC1CN(c2ccccc2)c2nc(SC3CC(F)(F)C3)c(OCC3(C(=O)N=O)CC3)cc2SN1C. The normalized spacial score (nSPS) is 22.5. The molecule has 0 saturated heterocycles. The van der Waals surface area contributed by atoms with E-state index in [2.05, 4.69) is 28.4 Å². The Bertz CT molecular complexity index is 1160. The number of nitrogens with zero attached hydrogens (tertiary/aromatic N) is 4. The Morgan fingerprint density at radius 2 is 2.00 bits per heavy atom. The van der Waals surface area contributed by atoms with Gasteiger partial charge in [-0.3, -0.25) is 4.79 Å². The molecule has 11 heteroatoms. The molecule has 0 spiro atoms. The highest BCUT2D eigenvalue weighted by atomic mass is 32.2. The van der Waals surface area contributed by atoms with E-state index >= 15 is 0 Å². The molecule has 7 nitrogen and oxygen atoms in total. The van der Waals surface area contributed by atoms with Crippen LogP contribution >= 0.6 is 23.7 Å². The lowest BCUT2D eigenvalue weighted by atomic mass is 9.94. The summed E-state index contributed by atoms with van der Waals surface area (Å²) in [5.74, 6) is -2.14. The fraction of sp³-hybridized carbons (Fsp3) is 0.538. The van der Waals surface area contributed by atoms with Crippen LogP contribution in [0.1, 0.15) is 45.4 Å². The first-order valence-corrected chi connectivity index (χ1v) is 14.2. The van der Waals surface area contributed by atoms with Crippen molar-refractivity contribution >= 4 is 41.1 Å². The van der Waals surface area contributed by atoms with Gasteiger partial charge >= 0.3 is 0 Å². The third-order valence-corrected chi connectivity index (χ3v) is 9.49. The highest BCUT2D eigenvalue weighted by Gasteiger charge is 2.52. The Balaban J connectivity index is 1.52. The summed E-state index contributed by atoms with van der Waals surface area (Å²) in [5, 5.41) is 2.87. The minimum absolute atomic E-state index is 0.0216. The van der Waals surface area contributed by atoms with Gasteiger partial charge in [0.15, 0.2) is 5.75 Å². The number of carbonyl (C=O) groups excluding carboxylic acids is 1. The minimum atomic E-state index is -2.65. The van der Waals surface area contributed by atoms with E-state index in [-0.39, 0.29) is 30.7 Å². The third kappa shape index (κ3) is 5.63. The summed E-state index contributed by atoms with van der Waals surface area (Å²) in [6.07, 6.45) is 2.73. The van der Waals surface area contributed by atoms with Crippen molar-refractivity contribution in [3.63, 3.8) is 0 Å². The molecule has 1 aliphatic heterocycles. The van der Waals surface area contributed by atoms with Gasteiger partial charge in [0.1, 0.15) is 17.5 Å². The van der Waals surface area contributed by atoms with E-state index in [1.807, 2.05) is 36.4 Å². The number of anilines is 2. The van der Waals surface area contributed by atoms with Crippen LogP contribution in [0.4, 0.5) is 20.3 Å². The molecule has 1 aromatic heterocycles. The Morgan fingerprint density at radius 1 is 1.27 bits per heavy atom. The molecule has 1 aromatic carbocycles. The average molecular weight is 549 g/mol. The number of benzene rings is 1. The lowest BCUT2D eigenvalue weighted by Crippen LogP contribution is -2.37. The average Bonchev–Trinajstić information content (AvgIpc) is 3.67. The predicted molar refractivity (Wildman–Crippen MR) is 142 cm³/mol. The van der Waals surface area contributed by atoms with Gasteiger partial charge in [0, 0.05) is 47.6 Å². The molecule has 5 rings (SSSR count). The number of amides is 1. The van der Waals surface area contributed by atoms with Gasteiger partial charge in [-0.2, -0.15) is 0 Å². The zero-order chi connectivity index (χ0) is 26.2. The number of likely N-dealkylation sites (N-methyl/N-ethyl adjacent to an activating group) is 1. The summed E-state index contributed by atoms with van der Waals surface area (Å²) >= 11 is 2.88. The molecule has 2 heterocycles. The number of nitroso groups, excluding NO2 is 1. The first kappa shape index (κ1) is 26.4. The van der Waals surface area contributed by atoms with Crippen LogP contribution in [-0.2, 0) is 4.79 Å². The smallest absolute Gasteiger partial charge is 0.295 e. The van der Waals surface area contributed by atoms with Crippen molar-refractivity contribution in [2.24, 2.45) is 10.6 Å². The molecule has 2 aliphatic carbocycles. The summed E-state index contributed by atoms with van der Waals surface area (Å²) < 4.78 is 35.6. The van der Waals surface area contributed by atoms with Crippen LogP contribution in [0.15, 0.2) is 51.5 Å². The van der Waals surface area contributed by atoms with Gasteiger partial charge in [-0.05, 0) is 50.4 Å². The predicted octanol–water partition coefficient (Wildman–Crippen LogP) is 6.68. The molecular weight excluding hydrogens is 518 g/mol. The molecule has 0 bridgehead atoms. The van der Waals surface area contributed by atoms with E-state index in [1.54, 1.807) is 11.9 Å². The number of ether oxygens (including phenoxy) is 1. The minimum Gasteiger partial charge on any atom is -0.490 e. The molecule has 1 unspecified atom stereocenters. The largest absolute Gasteiger partial charge is 0.490 e. The molecule has 1 amide bonds. The number of hydrogen-bond donors (Lipinski definition) is 0. The second kappa shape index (κ2) is 10.5. The fourth-order valence-electron chi connectivity index (χ4n) is 4.72. The Labute approximate surface area is 223 Å². The second-order valence-corrected chi connectivity index (χ2v) is 12.6. The van der Waals surface area contributed by atoms with Gasteiger partial charge in [0.25, 0.3) is 5.91 Å². The highest BCUT2D eigenvalue weighted by Crippen LogP contribution is 2.52. The molecule has 37 heavy (non-hydrogen) atoms. The summed E-state index contributed by atoms with van der Waals surface area (Å²) in [6, 6.07) is 12.2. The van der Waals surface area contributed by atoms with Crippen LogP contribution in [0.5, 0.6) is 5.75 Å². The number of hydrogen-bond acceptors (Lipinski definition) is 8. The maximum absolute atomic E-state index is 13.6. The molecular formula is C26H30F2N4O3S2. The van der Waals surface area contributed by atoms with E-state index in [9.17, 15) is 18.5 Å². The molecule has 1 atom stereocenters. The quantitative estimate of drug-likeness (QED) is 0.254. The van der Waals surface area contributed by atoms with E-state index in [4.69, 9.17) is 9.72 Å². The number of aromatic nitrogens is 1. The van der Waals surface area contributed by atoms with Crippen LogP contribution in [0.3, 0.4) is 0 Å². The molecule has 3 aliphatic rings. The molecule has 0 radical (unpaired) electrons. The molecule has 198 valence electrons. The lowest BCUT2D eigenvalue weighted by molar-refractivity contribution is -0.124. The number of carbonyl (C=O) groups is 1. The number of fused-ring (bicyclic) bond motifs is 1. The van der Waals surface area contributed by atoms with E-state index in [0.29, 0.717) is 23.6 Å². The first-order valence-electron chi connectivity index (χ1n) is 12.6. The Morgan fingerprint density at radius 3 is 2.62 bits per heavy atom. The number of pyridine rings is 1. The lowest BCUT2D eigenvalue weighted by Gasteiger charge is -2.34. The standard InChI is InChI=1S/C26H30F2N4O3S2/c1-3-7-18-15-32(17-8-5-4-6-9-17)22-21(37-31(18)2)12-20(35-16-25(10-11-25)24(33)30-34)23(29-22)36-19-13-26(27,28)14-19/h4-6,8-9,12,18-19H,3,7,10-11,13-16H2,1-2H3. The number of halogens is 2. The summed E-state index contributed by atoms with van der Waals surface area (Å²) in [6.45, 7) is 2.92. The van der Waals surface area contributed by atoms with Gasteiger partial charge in [-0.1, -0.05) is 43.3 Å². The third-order valence-electron chi connectivity index (χ3n) is 7.22. The number of para-hydroxylation sites is 1. The van der Waals surface area contributed by atoms with E-state index in [0.717, 1.165) is 35.8 Å². The Hall–Kier alpha value is -2.24. The summed E-state index contributed by atoms with van der Waals surface area (Å²) in [4.78, 5) is 31.0. The zero-order valence-corrected chi connectivity index (χ0v) is 22.5. The maximum Gasteiger partial charge on any atom is 0.295 e. The van der Waals surface area contributed by atoms with Crippen molar-refractivity contribution < 1.29 is 18.3 Å². The zero-order valence-electron chi connectivity index (χ0n) is 20.9. The van der Waals surface area contributed by atoms with Gasteiger partial charge in [-0.25, -0.2) is 18.1 Å². The first-order chi connectivity index (χ1) is 17.7. The second-order valence-electron chi connectivity index (χ2n) is 10.1. The topological polar surface area (TPSA) is 75.1 Å². The monoisotopic (exact) mass is 548 g/mol. The van der Waals surface area contributed by atoms with Crippen molar-refractivity contribution in [1.82, 2.24) is 9.29 Å². The van der Waals surface area contributed by atoms with Crippen molar-refractivity contribution in [2.75, 3.05) is 25.1 Å². The summed E-state index contributed by atoms with van der Waals surface area (Å²) in [7, 11) is 2.07. The fourth-order valence-corrected chi connectivity index (χ4v) is 7.09.